The Bertz CT molecular complexity index is 874. The van der Waals surface area contributed by atoms with Crippen molar-refractivity contribution in [2.75, 3.05) is 18.5 Å². The zero-order valence-corrected chi connectivity index (χ0v) is 14.4. The number of carbonyl (C=O) groups is 1. The number of rotatable bonds is 4. The molecule has 25 heavy (non-hydrogen) atoms. The molecule has 0 spiro atoms. The minimum absolute atomic E-state index is 0.0471. The number of amides is 1. The topological polar surface area (TPSA) is 48.2 Å². The van der Waals surface area contributed by atoms with Gasteiger partial charge in [0.05, 0.1) is 12.0 Å². The number of fused-ring (bicyclic) bond motifs is 1. The highest BCUT2D eigenvalue weighted by Crippen LogP contribution is 2.33. The fraction of sp³-hybridized carbons (Fsp3) is 0.350. The van der Waals surface area contributed by atoms with Crippen LogP contribution >= 0.6 is 0 Å². The van der Waals surface area contributed by atoms with Crippen molar-refractivity contribution < 1.29 is 9.53 Å². The summed E-state index contributed by atoms with van der Waals surface area (Å²) < 4.78 is 9.78. The number of hydrogen-bond acceptors (Lipinski definition) is 2. The molecule has 4 rings (SSSR count). The number of ether oxygens (including phenoxy) is 1. The molecule has 3 aromatic rings. The van der Waals surface area contributed by atoms with E-state index in [4.69, 9.17) is 4.74 Å². The van der Waals surface area contributed by atoms with Gasteiger partial charge in [0.2, 0.25) is 5.91 Å². The summed E-state index contributed by atoms with van der Waals surface area (Å²) in [6.07, 6.45) is 8.29. The third kappa shape index (κ3) is 3.07. The number of aromatic nitrogens is 2. The number of benzene rings is 1. The van der Waals surface area contributed by atoms with E-state index >= 15 is 0 Å². The number of carbonyl (C=O) groups excluding carboxylic acids is 1. The fourth-order valence-electron chi connectivity index (χ4n) is 3.79. The number of hydrogen-bond donors (Lipinski definition) is 1. The molecule has 130 valence electrons. The standard InChI is InChI=1S/C20H23N3O2/c1-22-11-6-16-14-17(4-5-18(16)22)21-19(24)15-20(7-12-25-13-8-20)23-9-2-3-10-23/h2-6,9-11,14H,7-8,12-13,15H2,1H3,(H,21,24). The SMILES string of the molecule is Cn1ccc2cc(NC(=O)CC3(n4cccc4)CCOCC3)ccc21. The first-order chi connectivity index (χ1) is 12.2. The predicted octanol–water partition coefficient (Wildman–Crippen LogP) is 3.51. The summed E-state index contributed by atoms with van der Waals surface area (Å²) in [4.78, 5) is 12.8. The van der Waals surface area contributed by atoms with Crippen LogP contribution in [0.2, 0.25) is 0 Å². The largest absolute Gasteiger partial charge is 0.381 e. The van der Waals surface area contributed by atoms with Gasteiger partial charge >= 0.3 is 0 Å². The molecule has 5 heteroatoms. The molecule has 2 aromatic heterocycles. The maximum Gasteiger partial charge on any atom is 0.226 e. The third-order valence-electron chi connectivity index (χ3n) is 5.23. The highest BCUT2D eigenvalue weighted by Gasteiger charge is 2.36. The van der Waals surface area contributed by atoms with Crippen molar-refractivity contribution in [3.05, 3.63) is 55.0 Å². The van der Waals surface area contributed by atoms with Gasteiger partial charge in [-0.3, -0.25) is 4.79 Å². The summed E-state index contributed by atoms with van der Waals surface area (Å²) in [6, 6.07) is 12.1. The Morgan fingerprint density at radius 3 is 2.68 bits per heavy atom. The maximum absolute atomic E-state index is 12.8. The number of aryl methyl sites for hydroxylation is 1. The average molecular weight is 337 g/mol. The van der Waals surface area contributed by atoms with Crippen LogP contribution in [0.25, 0.3) is 10.9 Å². The molecule has 1 saturated heterocycles. The number of nitrogens with zero attached hydrogens (tertiary/aromatic N) is 2. The van der Waals surface area contributed by atoms with E-state index in [9.17, 15) is 4.79 Å². The van der Waals surface area contributed by atoms with Crippen LogP contribution in [-0.4, -0.2) is 28.3 Å². The lowest BCUT2D eigenvalue weighted by Gasteiger charge is -2.38. The van der Waals surface area contributed by atoms with Gasteiger partial charge in [-0.1, -0.05) is 0 Å². The zero-order valence-electron chi connectivity index (χ0n) is 14.4. The normalized spacial score (nSPS) is 16.8. The lowest BCUT2D eigenvalue weighted by Crippen LogP contribution is -2.42. The van der Waals surface area contributed by atoms with Crippen LogP contribution < -0.4 is 5.32 Å². The minimum Gasteiger partial charge on any atom is -0.381 e. The molecule has 0 bridgehead atoms. The van der Waals surface area contributed by atoms with Crippen molar-refractivity contribution in [3.63, 3.8) is 0 Å². The van der Waals surface area contributed by atoms with E-state index in [2.05, 4.69) is 32.9 Å². The second kappa shape index (κ2) is 6.41. The molecular formula is C20H23N3O2. The van der Waals surface area contributed by atoms with Gasteiger partial charge < -0.3 is 19.2 Å². The van der Waals surface area contributed by atoms with Crippen molar-refractivity contribution in [1.82, 2.24) is 9.13 Å². The second-order valence-corrected chi connectivity index (χ2v) is 6.85. The van der Waals surface area contributed by atoms with Crippen molar-refractivity contribution >= 4 is 22.5 Å². The van der Waals surface area contributed by atoms with Crippen molar-refractivity contribution in [1.29, 1.82) is 0 Å². The first-order valence-electron chi connectivity index (χ1n) is 8.72. The lowest BCUT2D eigenvalue weighted by atomic mass is 9.86. The Balaban J connectivity index is 1.53. The van der Waals surface area contributed by atoms with E-state index in [-0.39, 0.29) is 11.4 Å². The van der Waals surface area contributed by atoms with Crippen LogP contribution in [0, 0.1) is 0 Å². The fourth-order valence-corrected chi connectivity index (χ4v) is 3.79. The predicted molar refractivity (Wildman–Crippen MR) is 98.6 cm³/mol. The van der Waals surface area contributed by atoms with E-state index in [1.807, 2.05) is 43.6 Å². The molecule has 0 aliphatic carbocycles. The van der Waals surface area contributed by atoms with Crippen LogP contribution in [0.1, 0.15) is 19.3 Å². The van der Waals surface area contributed by atoms with Crippen LogP contribution in [0.15, 0.2) is 55.0 Å². The summed E-state index contributed by atoms with van der Waals surface area (Å²) in [7, 11) is 2.02. The van der Waals surface area contributed by atoms with Crippen LogP contribution in [0.4, 0.5) is 5.69 Å². The van der Waals surface area contributed by atoms with Gasteiger partial charge in [-0.15, -0.1) is 0 Å². The second-order valence-electron chi connectivity index (χ2n) is 6.85. The van der Waals surface area contributed by atoms with E-state index in [0.717, 1.165) is 29.4 Å². The highest BCUT2D eigenvalue weighted by molar-refractivity contribution is 5.94. The third-order valence-corrected chi connectivity index (χ3v) is 5.23. The Hall–Kier alpha value is -2.53. The highest BCUT2D eigenvalue weighted by atomic mass is 16.5. The molecule has 1 aromatic carbocycles. The molecule has 1 fully saturated rings. The van der Waals surface area contributed by atoms with Gasteiger partial charge in [0.15, 0.2) is 0 Å². The Morgan fingerprint density at radius 1 is 1.16 bits per heavy atom. The van der Waals surface area contributed by atoms with E-state index in [1.54, 1.807) is 0 Å². The van der Waals surface area contributed by atoms with Crippen molar-refractivity contribution in [2.24, 2.45) is 7.05 Å². The molecule has 0 unspecified atom stereocenters. The average Bonchev–Trinajstić information content (AvgIpc) is 3.26. The quantitative estimate of drug-likeness (QED) is 0.792. The molecule has 0 atom stereocenters. The maximum atomic E-state index is 12.8. The molecule has 1 aliphatic rings. The van der Waals surface area contributed by atoms with Gasteiger partial charge in [0.25, 0.3) is 0 Å². The van der Waals surface area contributed by atoms with E-state index < -0.39 is 0 Å². The molecule has 3 heterocycles. The molecule has 1 N–H and O–H groups in total. The van der Waals surface area contributed by atoms with Gasteiger partial charge in [-0.05, 0) is 49.2 Å². The molecule has 1 aliphatic heterocycles. The van der Waals surface area contributed by atoms with Crippen LogP contribution in [0.5, 0.6) is 0 Å². The molecule has 0 saturated carbocycles. The van der Waals surface area contributed by atoms with E-state index in [0.29, 0.717) is 19.6 Å². The molecular weight excluding hydrogens is 314 g/mol. The summed E-state index contributed by atoms with van der Waals surface area (Å²) in [5.41, 5.74) is 1.81. The first kappa shape index (κ1) is 16.0. The summed E-state index contributed by atoms with van der Waals surface area (Å²) in [5, 5.41) is 4.21. The molecule has 1 amide bonds. The number of nitrogens with one attached hydrogen (secondary N) is 1. The summed E-state index contributed by atoms with van der Waals surface area (Å²) in [6.45, 7) is 1.39. The monoisotopic (exact) mass is 337 g/mol. The van der Waals surface area contributed by atoms with Gasteiger partial charge in [0.1, 0.15) is 0 Å². The Morgan fingerprint density at radius 2 is 1.92 bits per heavy atom. The minimum atomic E-state index is -0.192. The Kier molecular flexibility index (Phi) is 4.09. The molecule has 5 nitrogen and oxygen atoms in total. The lowest BCUT2D eigenvalue weighted by molar-refractivity contribution is -0.119. The smallest absolute Gasteiger partial charge is 0.226 e. The van der Waals surface area contributed by atoms with Gasteiger partial charge in [-0.2, -0.15) is 0 Å². The zero-order chi connectivity index (χ0) is 17.3. The number of anilines is 1. The van der Waals surface area contributed by atoms with E-state index in [1.165, 1.54) is 0 Å². The Labute approximate surface area is 147 Å². The molecule has 0 radical (unpaired) electrons. The van der Waals surface area contributed by atoms with Crippen LogP contribution in [-0.2, 0) is 22.1 Å². The van der Waals surface area contributed by atoms with Gasteiger partial charge in [-0.25, -0.2) is 0 Å². The van der Waals surface area contributed by atoms with Crippen molar-refractivity contribution in [3.8, 4) is 0 Å². The summed E-state index contributed by atoms with van der Waals surface area (Å²) >= 11 is 0. The van der Waals surface area contributed by atoms with Crippen molar-refractivity contribution in [2.45, 2.75) is 24.8 Å². The van der Waals surface area contributed by atoms with Crippen LogP contribution in [0.3, 0.4) is 0 Å². The van der Waals surface area contributed by atoms with Gasteiger partial charge in [0, 0.05) is 55.4 Å². The first-order valence-corrected chi connectivity index (χ1v) is 8.72. The summed E-state index contributed by atoms with van der Waals surface area (Å²) in [5.74, 6) is 0.0471.